The first kappa shape index (κ1) is 25.7. The van der Waals surface area contributed by atoms with Crippen molar-refractivity contribution >= 4 is 29.5 Å². The topological polar surface area (TPSA) is 111 Å². The Morgan fingerprint density at radius 2 is 2.00 bits per heavy atom. The van der Waals surface area contributed by atoms with Crippen LogP contribution in [-0.4, -0.2) is 55.2 Å². The van der Waals surface area contributed by atoms with E-state index in [0.29, 0.717) is 40.3 Å². The van der Waals surface area contributed by atoms with E-state index in [1.165, 1.54) is 20.3 Å². The second kappa shape index (κ2) is 11.0. The molecule has 3 rings (SSSR count). The van der Waals surface area contributed by atoms with Crippen molar-refractivity contribution in [2.24, 2.45) is 11.8 Å². The number of phenols is 1. The van der Waals surface area contributed by atoms with Crippen molar-refractivity contribution < 1.29 is 33.7 Å². The van der Waals surface area contributed by atoms with Crippen molar-refractivity contribution in [2.75, 3.05) is 32.3 Å². The highest BCUT2D eigenvalue weighted by Crippen LogP contribution is 2.46. The van der Waals surface area contributed by atoms with Crippen LogP contribution in [0.1, 0.15) is 38.7 Å². The first-order valence-corrected chi connectivity index (χ1v) is 12.3. The quantitative estimate of drug-likeness (QED) is 0.323. The number of nitrogens with one attached hydrogen (secondary N) is 1. The molecule has 0 radical (unpaired) electrons. The Kier molecular flexibility index (Phi) is 8.30. The second-order valence-electron chi connectivity index (χ2n) is 8.30. The van der Waals surface area contributed by atoms with Crippen molar-refractivity contribution in [3.63, 3.8) is 0 Å². The maximum atomic E-state index is 13.7. The van der Waals surface area contributed by atoms with Crippen molar-refractivity contribution in [3.05, 3.63) is 46.3 Å². The molecule has 0 aromatic heterocycles. The van der Waals surface area contributed by atoms with Crippen molar-refractivity contribution in [3.8, 4) is 11.5 Å². The van der Waals surface area contributed by atoms with E-state index in [-0.39, 0.29) is 29.8 Å². The summed E-state index contributed by atoms with van der Waals surface area (Å²) in [4.78, 5) is 39.4. The first-order chi connectivity index (χ1) is 16.2. The highest BCUT2D eigenvalue weighted by Gasteiger charge is 2.47. The summed E-state index contributed by atoms with van der Waals surface area (Å²) < 4.78 is 15.7. The standard InChI is InChI=1S/C25H31NO7S/c1-6-34-10-9-33-25(30)20-14(3)26-16-11-13(2)19(24(29)32-5)23(28)22(16)21(20)15-7-8-17(27)18(12-15)31-4/h7-8,12-13,19,21,26-27H,6,9-11H2,1-5H3/t13-,19+,21-/m1/s1. The van der Waals surface area contributed by atoms with Gasteiger partial charge < -0.3 is 24.6 Å². The minimum atomic E-state index is -0.969. The SMILES string of the molecule is CCSCCOC(=O)C1=C(C)NC2=C(C(=O)[C@@H](C(=O)OC)[C@H](C)C2)[C@@H]1c1ccc(O)c(OC)c1. The highest BCUT2D eigenvalue weighted by molar-refractivity contribution is 7.99. The predicted octanol–water partition coefficient (Wildman–Crippen LogP) is 3.31. The van der Waals surface area contributed by atoms with Gasteiger partial charge in [0.15, 0.2) is 17.3 Å². The zero-order valence-corrected chi connectivity index (χ0v) is 20.9. The number of allylic oxidation sites excluding steroid dienone is 3. The van der Waals surface area contributed by atoms with E-state index >= 15 is 0 Å². The van der Waals surface area contributed by atoms with Crippen LogP contribution < -0.4 is 10.1 Å². The molecule has 0 bridgehead atoms. The van der Waals surface area contributed by atoms with Gasteiger partial charge in [-0.3, -0.25) is 9.59 Å². The summed E-state index contributed by atoms with van der Waals surface area (Å²) in [6.07, 6.45) is 0.444. The molecule has 1 heterocycles. The Hall–Kier alpha value is -2.94. The van der Waals surface area contributed by atoms with Crippen LogP contribution in [0.5, 0.6) is 11.5 Å². The minimum Gasteiger partial charge on any atom is -0.504 e. The maximum Gasteiger partial charge on any atom is 0.336 e. The molecular formula is C25H31NO7S. The fourth-order valence-electron chi connectivity index (χ4n) is 4.57. The van der Waals surface area contributed by atoms with E-state index in [2.05, 4.69) is 5.32 Å². The Balaban J connectivity index is 2.12. The van der Waals surface area contributed by atoms with Crippen molar-refractivity contribution in [1.82, 2.24) is 5.32 Å². The average Bonchev–Trinajstić information content (AvgIpc) is 2.81. The maximum absolute atomic E-state index is 13.7. The normalized spacial score (nSPS) is 22.1. The van der Waals surface area contributed by atoms with Crippen LogP contribution in [0.4, 0.5) is 0 Å². The lowest BCUT2D eigenvalue weighted by Gasteiger charge is -2.38. The summed E-state index contributed by atoms with van der Waals surface area (Å²) in [6, 6.07) is 4.70. The minimum absolute atomic E-state index is 0.0631. The van der Waals surface area contributed by atoms with E-state index in [9.17, 15) is 19.5 Å². The molecule has 34 heavy (non-hydrogen) atoms. The number of aromatic hydroxyl groups is 1. The molecule has 2 aliphatic rings. The molecule has 0 spiro atoms. The number of carbonyl (C=O) groups excluding carboxylic acids is 3. The van der Waals surface area contributed by atoms with Gasteiger partial charge in [-0.15, -0.1) is 0 Å². The Morgan fingerprint density at radius 1 is 1.26 bits per heavy atom. The third kappa shape index (κ3) is 4.94. The number of carbonyl (C=O) groups is 3. The molecule has 0 saturated carbocycles. The lowest BCUT2D eigenvalue weighted by atomic mass is 9.69. The molecule has 9 heteroatoms. The van der Waals surface area contributed by atoms with E-state index in [4.69, 9.17) is 14.2 Å². The molecule has 0 saturated heterocycles. The fourth-order valence-corrected chi connectivity index (χ4v) is 5.06. The number of hydrogen-bond donors (Lipinski definition) is 2. The smallest absolute Gasteiger partial charge is 0.336 e. The number of methoxy groups -OCH3 is 2. The predicted molar refractivity (Wildman–Crippen MR) is 129 cm³/mol. The molecule has 184 valence electrons. The lowest BCUT2D eigenvalue weighted by molar-refractivity contribution is -0.151. The number of Topliss-reactive ketones (excluding diaryl/α,β-unsaturated/α-hetero) is 1. The number of thioether (sulfide) groups is 1. The van der Waals surface area contributed by atoms with E-state index in [1.807, 2.05) is 13.8 Å². The van der Waals surface area contributed by atoms with Gasteiger partial charge in [-0.1, -0.05) is 19.9 Å². The van der Waals surface area contributed by atoms with Crippen LogP contribution in [-0.2, 0) is 23.9 Å². The summed E-state index contributed by atoms with van der Waals surface area (Å²) in [5.74, 6) is -1.82. The third-order valence-electron chi connectivity index (χ3n) is 6.17. The number of hydrogen-bond acceptors (Lipinski definition) is 9. The second-order valence-corrected chi connectivity index (χ2v) is 9.69. The molecule has 0 unspecified atom stereocenters. The number of ether oxygens (including phenoxy) is 3. The summed E-state index contributed by atoms with van der Waals surface area (Å²) in [7, 11) is 2.68. The van der Waals surface area contributed by atoms with E-state index in [1.54, 1.807) is 30.8 Å². The van der Waals surface area contributed by atoms with Crippen LogP contribution in [0.25, 0.3) is 0 Å². The largest absolute Gasteiger partial charge is 0.504 e. The van der Waals surface area contributed by atoms with Gasteiger partial charge in [-0.2, -0.15) is 11.8 Å². The summed E-state index contributed by atoms with van der Waals surface area (Å²) >= 11 is 1.66. The lowest BCUT2D eigenvalue weighted by Crippen LogP contribution is -2.43. The Labute approximate surface area is 203 Å². The van der Waals surface area contributed by atoms with Gasteiger partial charge >= 0.3 is 11.9 Å². The zero-order valence-electron chi connectivity index (χ0n) is 20.1. The number of rotatable bonds is 8. The van der Waals surface area contributed by atoms with Crippen LogP contribution >= 0.6 is 11.8 Å². The van der Waals surface area contributed by atoms with Crippen molar-refractivity contribution in [1.29, 1.82) is 0 Å². The first-order valence-electron chi connectivity index (χ1n) is 11.2. The van der Waals surface area contributed by atoms with Gasteiger partial charge in [-0.05, 0) is 42.7 Å². The van der Waals surface area contributed by atoms with E-state index < -0.39 is 23.8 Å². The molecule has 1 aliphatic carbocycles. The molecule has 2 N–H and O–H groups in total. The Morgan fingerprint density at radius 3 is 2.65 bits per heavy atom. The van der Waals surface area contributed by atoms with E-state index in [0.717, 1.165) is 5.75 Å². The van der Waals surface area contributed by atoms with Gasteiger partial charge in [0.25, 0.3) is 0 Å². The molecule has 1 aliphatic heterocycles. The summed E-state index contributed by atoms with van der Waals surface area (Å²) in [5, 5.41) is 13.3. The fraction of sp³-hybridized carbons (Fsp3) is 0.480. The summed E-state index contributed by atoms with van der Waals surface area (Å²) in [6.45, 7) is 5.87. The van der Waals surface area contributed by atoms with Gasteiger partial charge in [-0.25, -0.2) is 4.79 Å². The highest BCUT2D eigenvalue weighted by atomic mass is 32.2. The van der Waals surface area contributed by atoms with Gasteiger partial charge in [0, 0.05) is 28.6 Å². The van der Waals surface area contributed by atoms with Crippen LogP contribution in [0.3, 0.4) is 0 Å². The number of dihydropyridines is 1. The number of esters is 2. The van der Waals surface area contributed by atoms with Gasteiger partial charge in [0.05, 0.1) is 19.8 Å². The van der Waals surface area contributed by atoms with Crippen LogP contribution in [0, 0.1) is 11.8 Å². The van der Waals surface area contributed by atoms with Gasteiger partial charge in [0.1, 0.15) is 12.5 Å². The molecule has 1 aromatic rings. The molecule has 0 amide bonds. The number of benzene rings is 1. The molecular weight excluding hydrogens is 458 g/mol. The summed E-state index contributed by atoms with van der Waals surface area (Å²) in [5.41, 5.74) is 2.45. The number of ketones is 1. The van der Waals surface area contributed by atoms with Crippen LogP contribution in [0.2, 0.25) is 0 Å². The number of phenolic OH excluding ortho intramolecular Hbond substituents is 1. The van der Waals surface area contributed by atoms with Crippen molar-refractivity contribution in [2.45, 2.75) is 33.1 Å². The molecule has 3 atom stereocenters. The zero-order chi connectivity index (χ0) is 25.0. The molecule has 0 fully saturated rings. The third-order valence-corrected chi connectivity index (χ3v) is 7.03. The molecule has 8 nitrogen and oxygen atoms in total. The molecule has 1 aromatic carbocycles. The Bertz CT molecular complexity index is 1050. The average molecular weight is 490 g/mol. The van der Waals surface area contributed by atoms with Gasteiger partial charge in [0.2, 0.25) is 0 Å². The van der Waals surface area contributed by atoms with Crippen LogP contribution in [0.15, 0.2) is 40.7 Å². The monoisotopic (exact) mass is 489 g/mol.